The SMILES string of the molecule is CCOC(=O)C(C)(Nc1cccc(Br)c1)c1cccnc1. The van der Waals surface area contributed by atoms with Crippen LogP contribution >= 0.6 is 15.9 Å². The molecule has 2 aromatic rings. The molecule has 1 heterocycles. The van der Waals surface area contributed by atoms with Gasteiger partial charge in [0.25, 0.3) is 0 Å². The highest BCUT2D eigenvalue weighted by Crippen LogP contribution is 2.28. The van der Waals surface area contributed by atoms with Gasteiger partial charge in [0.15, 0.2) is 5.54 Å². The maximum Gasteiger partial charge on any atom is 0.336 e. The van der Waals surface area contributed by atoms with Gasteiger partial charge in [0, 0.05) is 28.1 Å². The molecule has 1 N–H and O–H groups in total. The minimum absolute atomic E-state index is 0.328. The molecule has 1 aromatic heterocycles. The first-order chi connectivity index (χ1) is 10.1. The van der Waals surface area contributed by atoms with E-state index in [1.165, 1.54) is 0 Å². The molecule has 0 saturated heterocycles. The quantitative estimate of drug-likeness (QED) is 0.836. The number of carbonyl (C=O) groups is 1. The van der Waals surface area contributed by atoms with Crippen molar-refractivity contribution < 1.29 is 9.53 Å². The fourth-order valence-electron chi connectivity index (χ4n) is 2.03. The van der Waals surface area contributed by atoms with Crippen LogP contribution in [-0.2, 0) is 15.1 Å². The van der Waals surface area contributed by atoms with Crippen molar-refractivity contribution in [3.63, 3.8) is 0 Å². The number of carbonyl (C=O) groups excluding carboxylic acids is 1. The summed E-state index contributed by atoms with van der Waals surface area (Å²) in [5.41, 5.74) is 0.581. The Labute approximate surface area is 132 Å². The summed E-state index contributed by atoms with van der Waals surface area (Å²) in [6.45, 7) is 3.92. The standard InChI is InChI=1S/C16H17BrN2O2/c1-3-21-15(20)16(2,12-6-5-9-18-11-12)19-14-8-4-7-13(17)10-14/h4-11,19H,3H2,1-2H3. The number of nitrogens with zero attached hydrogens (tertiary/aromatic N) is 1. The van der Waals surface area contributed by atoms with Crippen molar-refractivity contribution in [1.82, 2.24) is 4.98 Å². The first-order valence-corrected chi connectivity index (χ1v) is 7.47. The molecule has 0 aliphatic heterocycles. The third-order valence-electron chi connectivity index (χ3n) is 3.14. The van der Waals surface area contributed by atoms with E-state index in [1.807, 2.05) is 30.3 Å². The first-order valence-electron chi connectivity index (χ1n) is 6.67. The van der Waals surface area contributed by atoms with Gasteiger partial charge in [-0.25, -0.2) is 4.79 Å². The molecule has 0 aliphatic rings. The van der Waals surface area contributed by atoms with Crippen molar-refractivity contribution in [1.29, 1.82) is 0 Å². The average molecular weight is 349 g/mol. The summed E-state index contributed by atoms with van der Waals surface area (Å²) < 4.78 is 6.16. The molecule has 0 saturated carbocycles. The number of benzene rings is 1. The molecule has 21 heavy (non-hydrogen) atoms. The number of anilines is 1. The number of hydrogen-bond donors (Lipinski definition) is 1. The van der Waals surface area contributed by atoms with Gasteiger partial charge < -0.3 is 10.1 Å². The predicted octanol–water partition coefficient (Wildman–Crippen LogP) is 3.73. The molecule has 1 unspecified atom stereocenters. The highest BCUT2D eigenvalue weighted by Gasteiger charge is 2.37. The molecule has 0 spiro atoms. The average Bonchev–Trinajstić information content (AvgIpc) is 2.48. The van der Waals surface area contributed by atoms with Gasteiger partial charge in [-0.15, -0.1) is 0 Å². The zero-order valence-corrected chi connectivity index (χ0v) is 13.6. The normalized spacial score (nSPS) is 13.3. The number of esters is 1. The van der Waals surface area contributed by atoms with Crippen LogP contribution in [0.3, 0.4) is 0 Å². The second-order valence-electron chi connectivity index (χ2n) is 4.72. The lowest BCUT2D eigenvalue weighted by Gasteiger charge is -2.29. The Morgan fingerprint density at radius 3 is 2.81 bits per heavy atom. The second-order valence-corrected chi connectivity index (χ2v) is 5.64. The van der Waals surface area contributed by atoms with Crippen molar-refractivity contribution >= 4 is 27.6 Å². The molecule has 4 nitrogen and oxygen atoms in total. The van der Waals surface area contributed by atoms with E-state index >= 15 is 0 Å². The summed E-state index contributed by atoms with van der Waals surface area (Å²) in [5.74, 6) is -0.335. The predicted molar refractivity (Wildman–Crippen MR) is 86.0 cm³/mol. The van der Waals surface area contributed by atoms with Crippen LogP contribution in [-0.4, -0.2) is 17.6 Å². The van der Waals surface area contributed by atoms with Crippen molar-refractivity contribution in [2.24, 2.45) is 0 Å². The zero-order valence-electron chi connectivity index (χ0n) is 12.0. The van der Waals surface area contributed by atoms with Crippen molar-refractivity contribution in [3.8, 4) is 0 Å². The summed E-state index contributed by atoms with van der Waals surface area (Å²) in [5, 5.41) is 3.25. The van der Waals surface area contributed by atoms with Crippen molar-refractivity contribution in [2.45, 2.75) is 19.4 Å². The Morgan fingerprint density at radius 1 is 1.38 bits per heavy atom. The van der Waals surface area contributed by atoms with Crippen LogP contribution in [0.1, 0.15) is 19.4 Å². The van der Waals surface area contributed by atoms with E-state index in [4.69, 9.17) is 4.74 Å². The van der Waals surface area contributed by atoms with Gasteiger partial charge in [0.1, 0.15) is 0 Å². The molecule has 0 radical (unpaired) electrons. The minimum Gasteiger partial charge on any atom is -0.464 e. The largest absolute Gasteiger partial charge is 0.464 e. The summed E-state index contributed by atoms with van der Waals surface area (Å²) in [4.78, 5) is 16.5. The van der Waals surface area contributed by atoms with Crippen LogP contribution in [0.2, 0.25) is 0 Å². The smallest absolute Gasteiger partial charge is 0.336 e. The van der Waals surface area contributed by atoms with Crippen LogP contribution in [0, 0.1) is 0 Å². The van der Waals surface area contributed by atoms with Gasteiger partial charge >= 0.3 is 5.97 Å². The summed E-state index contributed by atoms with van der Waals surface area (Å²) in [6, 6.07) is 11.3. The molecular weight excluding hydrogens is 332 g/mol. The lowest BCUT2D eigenvalue weighted by Crippen LogP contribution is -2.42. The maximum atomic E-state index is 12.4. The minimum atomic E-state index is -0.995. The van der Waals surface area contributed by atoms with Gasteiger partial charge in [-0.05, 0) is 38.1 Å². The third-order valence-corrected chi connectivity index (χ3v) is 3.63. The number of nitrogens with one attached hydrogen (secondary N) is 1. The topological polar surface area (TPSA) is 51.2 Å². The van der Waals surface area contributed by atoms with E-state index < -0.39 is 5.54 Å². The Morgan fingerprint density at radius 2 is 2.19 bits per heavy atom. The molecule has 0 amide bonds. The van der Waals surface area contributed by atoms with Gasteiger partial charge in [0.05, 0.1) is 6.61 Å². The number of ether oxygens (including phenoxy) is 1. The van der Waals surface area contributed by atoms with Crippen LogP contribution in [0.5, 0.6) is 0 Å². The summed E-state index contributed by atoms with van der Waals surface area (Å²) in [7, 11) is 0. The number of aromatic nitrogens is 1. The third kappa shape index (κ3) is 3.61. The Bertz CT molecular complexity index is 619. The molecule has 110 valence electrons. The van der Waals surface area contributed by atoms with E-state index in [0.717, 1.165) is 15.7 Å². The maximum absolute atomic E-state index is 12.4. The Balaban J connectivity index is 2.39. The number of pyridine rings is 1. The molecule has 2 rings (SSSR count). The van der Waals surface area contributed by atoms with E-state index in [-0.39, 0.29) is 5.97 Å². The Hall–Kier alpha value is -1.88. The number of hydrogen-bond acceptors (Lipinski definition) is 4. The van der Waals surface area contributed by atoms with E-state index in [9.17, 15) is 4.79 Å². The van der Waals surface area contributed by atoms with Crippen molar-refractivity contribution in [3.05, 3.63) is 58.8 Å². The summed E-state index contributed by atoms with van der Waals surface area (Å²) >= 11 is 3.43. The van der Waals surface area contributed by atoms with E-state index in [2.05, 4.69) is 26.2 Å². The number of rotatable bonds is 5. The van der Waals surface area contributed by atoms with Crippen LogP contribution < -0.4 is 5.32 Å². The van der Waals surface area contributed by atoms with Gasteiger partial charge in [-0.2, -0.15) is 0 Å². The van der Waals surface area contributed by atoms with Gasteiger partial charge in [0.2, 0.25) is 0 Å². The lowest BCUT2D eigenvalue weighted by atomic mass is 9.93. The molecule has 0 bridgehead atoms. The van der Waals surface area contributed by atoms with Crippen molar-refractivity contribution in [2.75, 3.05) is 11.9 Å². The fraction of sp³-hybridized carbons (Fsp3) is 0.250. The highest BCUT2D eigenvalue weighted by atomic mass is 79.9. The van der Waals surface area contributed by atoms with E-state index in [1.54, 1.807) is 32.3 Å². The van der Waals surface area contributed by atoms with Gasteiger partial charge in [-0.3, -0.25) is 4.98 Å². The monoisotopic (exact) mass is 348 g/mol. The zero-order chi connectivity index (χ0) is 15.3. The molecule has 0 fully saturated rings. The molecule has 0 aliphatic carbocycles. The lowest BCUT2D eigenvalue weighted by molar-refractivity contribution is -0.148. The van der Waals surface area contributed by atoms with Crippen LogP contribution in [0.25, 0.3) is 0 Å². The van der Waals surface area contributed by atoms with E-state index in [0.29, 0.717) is 6.61 Å². The molecule has 1 aromatic carbocycles. The number of halogens is 1. The molecular formula is C16H17BrN2O2. The van der Waals surface area contributed by atoms with Crippen LogP contribution in [0.4, 0.5) is 5.69 Å². The highest BCUT2D eigenvalue weighted by molar-refractivity contribution is 9.10. The van der Waals surface area contributed by atoms with Gasteiger partial charge in [-0.1, -0.05) is 28.1 Å². The second kappa shape index (κ2) is 6.72. The fourth-order valence-corrected chi connectivity index (χ4v) is 2.43. The Kier molecular flexibility index (Phi) is 4.96. The molecule has 1 atom stereocenters. The first kappa shape index (κ1) is 15.5. The van der Waals surface area contributed by atoms with Crippen LogP contribution in [0.15, 0.2) is 53.3 Å². The summed E-state index contributed by atoms with van der Waals surface area (Å²) in [6.07, 6.45) is 3.34. The molecule has 5 heteroatoms.